The van der Waals surface area contributed by atoms with Gasteiger partial charge >= 0.3 is 0 Å². The SMILES string of the molecule is Cc1nc(C2CCCN(C(=O)CNC(=O)CCC3CCCC3)C2)n[nH]1. The molecule has 1 aliphatic carbocycles. The van der Waals surface area contributed by atoms with Gasteiger partial charge in [-0.25, -0.2) is 4.98 Å². The summed E-state index contributed by atoms with van der Waals surface area (Å²) in [5, 5.41) is 9.89. The molecule has 1 unspecified atom stereocenters. The van der Waals surface area contributed by atoms with E-state index in [1.54, 1.807) is 0 Å². The van der Waals surface area contributed by atoms with E-state index in [4.69, 9.17) is 0 Å². The van der Waals surface area contributed by atoms with Crippen LogP contribution in [0.3, 0.4) is 0 Å². The number of nitrogens with zero attached hydrogens (tertiary/aromatic N) is 3. The van der Waals surface area contributed by atoms with E-state index in [2.05, 4.69) is 20.5 Å². The van der Waals surface area contributed by atoms with Gasteiger partial charge in [0.05, 0.1) is 6.54 Å². The molecule has 1 saturated carbocycles. The number of aryl methyl sites for hydroxylation is 1. The van der Waals surface area contributed by atoms with Crippen molar-refractivity contribution in [2.75, 3.05) is 19.6 Å². The number of hydrogen-bond donors (Lipinski definition) is 2. The van der Waals surface area contributed by atoms with Gasteiger partial charge in [0.15, 0.2) is 5.82 Å². The minimum absolute atomic E-state index is 0.00148. The van der Waals surface area contributed by atoms with Gasteiger partial charge in [-0.3, -0.25) is 14.7 Å². The topological polar surface area (TPSA) is 91.0 Å². The molecule has 0 radical (unpaired) electrons. The summed E-state index contributed by atoms with van der Waals surface area (Å²) in [7, 11) is 0. The molecular formula is C18H29N5O2. The highest BCUT2D eigenvalue weighted by Gasteiger charge is 2.27. The quantitative estimate of drug-likeness (QED) is 0.822. The second kappa shape index (κ2) is 8.45. The highest BCUT2D eigenvalue weighted by atomic mass is 16.2. The number of H-pyrrole nitrogens is 1. The van der Waals surface area contributed by atoms with E-state index in [0.29, 0.717) is 18.9 Å². The van der Waals surface area contributed by atoms with Crippen LogP contribution in [0.2, 0.25) is 0 Å². The van der Waals surface area contributed by atoms with Crippen molar-refractivity contribution in [1.29, 1.82) is 0 Å². The first-order valence-corrected chi connectivity index (χ1v) is 9.55. The summed E-state index contributed by atoms with van der Waals surface area (Å²) < 4.78 is 0. The molecular weight excluding hydrogens is 318 g/mol. The number of amides is 2. The van der Waals surface area contributed by atoms with E-state index < -0.39 is 0 Å². The largest absolute Gasteiger partial charge is 0.347 e. The Hall–Kier alpha value is -1.92. The second-order valence-electron chi connectivity index (χ2n) is 7.42. The van der Waals surface area contributed by atoms with Crippen molar-refractivity contribution in [1.82, 2.24) is 25.4 Å². The molecule has 0 spiro atoms. The zero-order valence-electron chi connectivity index (χ0n) is 15.1. The Morgan fingerprint density at radius 2 is 2.04 bits per heavy atom. The fraction of sp³-hybridized carbons (Fsp3) is 0.778. The molecule has 7 heteroatoms. The molecule has 0 bridgehead atoms. The highest BCUT2D eigenvalue weighted by Crippen LogP contribution is 2.28. The number of rotatable bonds is 6. The zero-order valence-corrected chi connectivity index (χ0v) is 15.1. The summed E-state index contributed by atoms with van der Waals surface area (Å²) in [6.07, 6.45) is 8.53. The lowest BCUT2D eigenvalue weighted by molar-refractivity contribution is -0.134. The first-order chi connectivity index (χ1) is 12.1. The molecule has 138 valence electrons. The van der Waals surface area contributed by atoms with Crippen LogP contribution in [0, 0.1) is 12.8 Å². The lowest BCUT2D eigenvalue weighted by atomic mass is 9.97. The summed E-state index contributed by atoms with van der Waals surface area (Å²) in [6.45, 7) is 3.36. The maximum absolute atomic E-state index is 12.4. The third kappa shape index (κ3) is 5.03. The second-order valence-corrected chi connectivity index (χ2v) is 7.42. The molecule has 2 heterocycles. The van der Waals surface area contributed by atoms with Gasteiger partial charge in [-0.15, -0.1) is 0 Å². The number of likely N-dealkylation sites (tertiary alicyclic amines) is 1. The summed E-state index contributed by atoms with van der Waals surface area (Å²) in [5.41, 5.74) is 0. The van der Waals surface area contributed by atoms with Crippen LogP contribution in [0.15, 0.2) is 0 Å². The lowest BCUT2D eigenvalue weighted by Crippen LogP contribution is -2.44. The first-order valence-electron chi connectivity index (χ1n) is 9.55. The fourth-order valence-electron chi connectivity index (χ4n) is 3.97. The molecule has 7 nitrogen and oxygen atoms in total. The predicted octanol–water partition coefficient (Wildman–Crippen LogP) is 1.91. The Morgan fingerprint density at radius 1 is 1.24 bits per heavy atom. The summed E-state index contributed by atoms with van der Waals surface area (Å²) >= 11 is 0. The van der Waals surface area contributed by atoms with E-state index in [9.17, 15) is 9.59 Å². The van der Waals surface area contributed by atoms with Gasteiger partial charge in [0.1, 0.15) is 5.82 Å². The number of aromatic amines is 1. The number of hydrogen-bond acceptors (Lipinski definition) is 4. The molecule has 1 aromatic heterocycles. The van der Waals surface area contributed by atoms with E-state index in [0.717, 1.165) is 37.5 Å². The summed E-state index contributed by atoms with van der Waals surface area (Å²) in [4.78, 5) is 30.6. The Kier molecular flexibility index (Phi) is 6.04. The predicted molar refractivity (Wildman–Crippen MR) is 93.9 cm³/mol. The Morgan fingerprint density at radius 3 is 2.76 bits per heavy atom. The number of carbonyl (C=O) groups is 2. The van der Waals surface area contributed by atoms with Crippen LogP contribution in [-0.4, -0.2) is 51.5 Å². The van der Waals surface area contributed by atoms with Crippen molar-refractivity contribution >= 4 is 11.8 Å². The van der Waals surface area contributed by atoms with Crippen LogP contribution >= 0.6 is 0 Å². The van der Waals surface area contributed by atoms with Crippen LogP contribution in [0.1, 0.15) is 68.9 Å². The third-order valence-corrected chi connectivity index (χ3v) is 5.44. The molecule has 1 saturated heterocycles. The van der Waals surface area contributed by atoms with Gasteiger partial charge < -0.3 is 10.2 Å². The molecule has 3 rings (SSSR count). The Balaban J connectivity index is 1.40. The van der Waals surface area contributed by atoms with Crippen molar-refractivity contribution in [3.05, 3.63) is 11.6 Å². The Bertz CT molecular complexity index is 594. The monoisotopic (exact) mass is 347 g/mol. The van der Waals surface area contributed by atoms with Gasteiger partial charge in [0.25, 0.3) is 0 Å². The molecule has 1 aliphatic heterocycles. The zero-order chi connectivity index (χ0) is 17.6. The standard InChI is InChI=1S/C18H29N5O2/c1-13-20-18(22-21-13)15-7-4-10-23(12-15)17(25)11-19-16(24)9-8-14-5-2-3-6-14/h14-15H,2-12H2,1H3,(H,19,24)(H,20,21,22). The minimum Gasteiger partial charge on any atom is -0.347 e. The minimum atomic E-state index is -0.00817. The number of nitrogens with one attached hydrogen (secondary N) is 2. The number of piperidine rings is 1. The molecule has 1 atom stereocenters. The van der Waals surface area contributed by atoms with E-state index in [1.165, 1.54) is 25.7 Å². The van der Waals surface area contributed by atoms with Crippen molar-refractivity contribution in [3.8, 4) is 0 Å². The maximum atomic E-state index is 12.4. The highest BCUT2D eigenvalue weighted by molar-refractivity contribution is 5.84. The average molecular weight is 347 g/mol. The maximum Gasteiger partial charge on any atom is 0.241 e. The molecule has 2 amide bonds. The summed E-state index contributed by atoms with van der Waals surface area (Å²) in [5.74, 6) is 2.46. The van der Waals surface area contributed by atoms with Gasteiger partial charge in [-0.05, 0) is 32.1 Å². The molecule has 25 heavy (non-hydrogen) atoms. The van der Waals surface area contributed by atoms with Gasteiger partial charge in [-0.2, -0.15) is 5.10 Å². The van der Waals surface area contributed by atoms with Crippen LogP contribution in [0.5, 0.6) is 0 Å². The van der Waals surface area contributed by atoms with E-state index in [1.807, 2.05) is 11.8 Å². The number of aromatic nitrogens is 3. The van der Waals surface area contributed by atoms with Crippen LogP contribution in [0.25, 0.3) is 0 Å². The van der Waals surface area contributed by atoms with Crippen molar-refractivity contribution < 1.29 is 9.59 Å². The van der Waals surface area contributed by atoms with Crippen molar-refractivity contribution in [2.24, 2.45) is 5.92 Å². The average Bonchev–Trinajstić information content (AvgIpc) is 3.29. The first kappa shape index (κ1) is 17.9. The van der Waals surface area contributed by atoms with Gasteiger partial charge in [0.2, 0.25) is 11.8 Å². The van der Waals surface area contributed by atoms with Crippen LogP contribution < -0.4 is 5.32 Å². The normalized spacial score (nSPS) is 21.5. The molecule has 1 aromatic rings. The summed E-state index contributed by atoms with van der Waals surface area (Å²) in [6, 6.07) is 0. The van der Waals surface area contributed by atoms with E-state index in [-0.39, 0.29) is 24.3 Å². The third-order valence-electron chi connectivity index (χ3n) is 5.44. The smallest absolute Gasteiger partial charge is 0.241 e. The molecule has 2 fully saturated rings. The fourth-order valence-corrected chi connectivity index (χ4v) is 3.97. The van der Waals surface area contributed by atoms with Gasteiger partial charge in [0, 0.05) is 25.4 Å². The van der Waals surface area contributed by atoms with Crippen molar-refractivity contribution in [2.45, 2.75) is 64.2 Å². The number of carbonyl (C=O) groups excluding carboxylic acids is 2. The molecule has 0 aromatic carbocycles. The molecule has 2 aliphatic rings. The van der Waals surface area contributed by atoms with Crippen LogP contribution in [-0.2, 0) is 9.59 Å². The van der Waals surface area contributed by atoms with Crippen molar-refractivity contribution in [3.63, 3.8) is 0 Å². The lowest BCUT2D eigenvalue weighted by Gasteiger charge is -2.31. The van der Waals surface area contributed by atoms with E-state index >= 15 is 0 Å². The van der Waals surface area contributed by atoms with Gasteiger partial charge in [-0.1, -0.05) is 25.7 Å². The molecule has 2 N–H and O–H groups in total. The van der Waals surface area contributed by atoms with Crippen LogP contribution in [0.4, 0.5) is 0 Å². The Labute approximate surface area is 149 Å².